The minimum absolute atomic E-state index is 0.0463. The van der Waals surface area contributed by atoms with Gasteiger partial charge in [0.1, 0.15) is 18.5 Å². The summed E-state index contributed by atoms with van der Waals surface area (Å²) in [5.41, 5.74) is 0.102. The molecule has 0 aliphatic carbocycles. The molecule has 0 saturated heterocycles. The van der Waals surface area contributed by atoms with Crippen LogP contribution in [0.15, 0.2) is 55.1 Å². The molecule has 6 nitrogen and oxygen atoms in total. The molecular weight excluding hydrogens is 414 g/mol. The maximum Gasteiger partial charge on any atom is 0.416 e. The molecule has 1 atom stereocenters. The largest absolute Gasteiger partial charge is 0.416 e. The van der Waals surface area contributed by atoms with Crippen LogP contribution in [0.3, 0.4) is 0 Å². The highest BCUT2D eigenvalue weighted by Gasteiger charge is 2.31. The molecule has 3 rings (SSSR count). The fourth-order valence-electron chi connectivity index (χ4n) is 3.15. The van der Waals surface area contributed by atoms with E-state index in [0.29, 0.717) is 0 Å². The van der Waals surface area contributed by atoms with Crippen molar-refractivity contribution in [3.8, 4) is 5.69 Å². The summed E-state index contributed by atoms with van der Waals surface area (Å²) in [5.74, 6) is -0.819. The van der Waals surface area contributed by atoms with Crippen molar-refractivity contribution in [2.45, 2.75) is 26.1 Å². The Morgan fingerprint density at radius 2 is 1.84 bits per heavy atom. The Bertz CT molecular complexity index is 1020. The second kappa shape index (κ2) is 9.25. The van der Waals surface area contributed by atoms with Gasteiger partial charge in [-0.05, 0) is 41.8 Å². The highest BCUT2D eigenvalue weighted by Crippen LogP contribution is 2.33. The topological polar surface area (TPSA) is 71.8 Å². The molecule has 10 heteroatoms. The monoisotopic (exact) mass is 435 g/mol. The molecule has 1 unspecified atom stereocenters. The number of carbonyl (C=O) groups is 1. The molecule has 0 radical (unpaired) electrons. The van der Waals surface area contributed by atoms with E-state index in [1.807, 2.05) is 13.8 Å². The van der Waals surface area contributed by atoms with E-state index in [0.717, 1.165) is 17.7 Å². The Kier molecular flexibility index (Phi) is 6.69. The van der Waals surface area contributed by atoms with Crippen molar-refractivity contribution in [2.24, 2.45) is 5.92 Å². The molecule has 0 aliphatic rings. The number of anilines is 1. The lowest BCUT2D eigenvalue weighted by Crippen LogP contribution is -2.34. The van der Waals surface area contributed by atoms with Crippen LogP contribution in [0.5, 0.6) is 0 Å². The van der Waals surface area contributed by atoms with Gasteiger partial charge in [-0.25, -0.2) is 14.1 Å². The Labute approximate surface area is 176 Å². The first kappa shape index (κ1) is 22.4. The molecule has 1 aromatic heterocycles. The van der Waals surface area contributed by atoms with Gasteiger partial charge in [-0.1, -0.05) is 26.0 Å². The molecule has 0 saturated carbocycles. The molecule has 0 aliphatic heterocycles. The molecule has 1 heterocycles. The summed E-state index contributed by atoms with van der Waals surface area (Å²) in [5, 5.41) is 9.52. The minimum atomic E-state index is -4.57. The zero-order valence-electron chi connectivity index (χ0n) is 16.8. The van der Waals surface area contributed by atoms with Crippen molar-refractivity contribution in [3.05, 3.63) is 72.1 Å². The normalized spacial score (nSPS) is 12.7. The summed E-state index contributed by atoms with van der Waals surface area (Å²) in [6.45, 7) is 3.72. The zero-order valence-corrected chi connectivity index (χ0v) is 16.8. The van der Waals surface area contributed by atoms with Crippen LogP contribution < -0.4 is 10.6 Å². The summed E-state index contributed by atoms with van der Waals surface area (Å²) >= 11 is 0. The Balaban J connectivity index is 1.78. The number of nitrogens with one attached hydrogen (secondary N) is 2. The molecule has 0 bridgehead atoms. The van der Waals surface area contributed by atoms with Gasteiger partial charge in [-0.2, -0.15) is 18.3 Å². The van der Waals surface area contributed by atoms with E-state index in [-0.39, 0.29) is 35.7 Å². The SMILES string of the molecule is CC(C)C(NCC(=O)Nc1cc(C(F)(F)F)ccc1-n1cncn1)c1ccc(F)cc1. The first-order chi connectivity index (χ1) is 14.6. The predicted molar refractivity (Wildman–Crippen MR) is 107 cm³/mol. The van der Waals surface area contributed by atoms with Crippen molar-refractivity contribution < 1.29 is 22.4 Å². The number of alkyl halides is 3. The summed E-state index contributed by atoms with van der Waals surface area (Å²) in [6, 6.07) is 8.65. The average Bonchev–Trinajstić information content (AvgIpc) is 3.23. The van der Waals surface area contributed by atoms with Crippen molar-refractivity contribution in [2.75, 3.05) is 11.9 Å². The van der Waals surface area contributed by atoms with E-state index in [1.54, 1.807) is 12.1 Å². The smallest absolute Gasteiger partial charge is 0.323 e. The summed E-state index contributed by atoms with van der Waals surface area (Å²) < 4.78 is 53.9. The fourth-order valence-corrected chi connectivity index (χ4v) is 3.15. The molecule has 3 aromatic rings. The van der Waals surface area contributed by atoms with E-state index in [4.69, 9.17) is 0 Å². The van der Waals surface area contributed by atoms with Gasteiger partial charge in [0.15, 0.2) is 0 Å². The maximum atomic E-state index is 13.2. The van der Waals surface area contributed by atoms with Crippen LogP contribution in [-0.2, 0) is 11.0 Å². The molecule has 0 spiro atoms. The number of halogens is 4. The van der Waals surface area contributed by atoms with Crippen LogP contribution in [0, 0.1) is 11.7 Å². The molecular formula is C21H21F4N5O. The second-order valence-corrected chi connectivity index (χ2v) is 7.27. The number of hydrogen-bond donors (Lipinski definition) is 2. The fraction of sp³-hybridized carbons (Fsp3) is 0.286. The lowest BCUT2D eigenvalue weighted by atomic mass is 9.96. The lowest BCUT2D eigenvalue weighted by Gasteiger charge is -2.23. The average molecular weight is 435 g/mol. The van der Waals surface area contributed by atoms with E-state index in [2.05, 4.69) is 20.7 Å². The highest BCUT2D eigenvalue weighted by atomic mass is 19.4. The molecule has 0 fully saturated rings. The van der Waals surface area contributed by atoms with Crippen LogP contribution in [0.1, 0.15) is 31.0 Å². The first-order valence-electron chi connectivity index (χ1n) is 9.50. The van der Waals surface area contributed by atoms with E-state index >= 15 is 0 Å². The number of nitrogens with zero attached hydrogens (tertiary/aromatic N) is 3. The molecule has 1 amide bonds. The molecule has 164 valence electrons. The van der Waals surface area contributed by atoms with E-state index in [1.165, 1.54) is 35.5 Å². The quantitative estimate of drug-likeness (QED) is 0.542. The summed E-state index contributed by atoms with van der Waals surface area (Å²) in [4.78, 5) is 16.3. The first-order valence-corrected chi connectivity index (χ1v) is 9.50. The third-order valence-corrected chi connectivity index (χ3v) is 4.64. The molecule has 2 N–H and O–H groups in total. The Morgan fingerprint density at radius 1 is 1.13 bits per heavy atom. The predicted octanol–water partition coefficient (Wildman–Crippen LogP) is 4.35. The second-order valence-electron chi connectivity index (χ2n) is 7.27. The minimum Gasteiger partial charge on any atom is -0.323 e. The van der Waals surface area contributed by atoms with Crippen molar-refractivity contribution in [1.29, 1.82) is 0 Å². The number of aromatic nitrogens is 3. The molecule has 2 aromatic carbocycles. The van der Waals surface area contributed by atoms with Crippen molar-refractivity contribution in [1.82, 2.24) is 20.1 Å². The van der Waals surface area contributed by atoms with Gasteiger partial charge in [0, 0.05) is 6.04 Å². The van der Waals surface area contributed by atoms with Crippen molar-refractivity contribution in [3.63, 3.8) is 0 Å². The van der Waals surface area contributed by atoms with E-state index < -0.39 is 17.6 Å². The standard InChI is InChI=1S/C21H21F4N5O/c1-13(2)20(14-3-6-16(22)7-4-14)27-10-19(31)29-17-9-15(21(23,24)25)5-8-18(17)30-12-26-11-28-30/h3-9,11-13,20,27H,10H2,1-2H3,(H,29,31). The lowest BCUT2D eigenvalue weighted by molar-refractivity contribution is -0.137. The number of amides is 1. The number of hydrogen-bond acceptors (Lipinski definition) is 4. The molecule has 31 heavy (non-hydrogen) atoms. The highest BCUT2D eigenvalue weighted by molar-refractivity contribution is 5.94. The van der Waals surface area contributed by atoms with Gasteiger partial charge in [0.25, 0.3) is 0 Å². The third-order valence-electron chi connectivity index (χ3n) is 4.64. The van der Waals surface area contributed by atoms with Gasteiger partial charge in [-0.3, -0.25) is 4.79 Å². The maximum absolute atomic E-state index is 13.2. The van der Waals surface area contributed by atoms with Crippen LogP contribution >= 0.6 is 0 Å². The van der Waals surface area contributed by atoms with Crippen molar-refractivity contribution >= 4 is 11.6 Å². The Hall–Kier alpha value is -3.27. The zero-order chi connectivity index (χ0) is 22.6. The van der Waals surface area contributed by atoms with Crippen LogP contribution in [0.4, 0.5) is 23.2 Å². The Morgan fingerprint density at radius 3 is 2.42 bits per heavy atom. The van der Waals surface area contributed by atoms with Crippen LogP contribution in [0.25, 0.3) is 5.69 Å². The van der Waals surface area contributed by atoms with Gasteiger partial charge in [0.2, 0.25) is 5.91 Å². The van der Waals surface area contributed by atoms with Gasteiger partial charge in [-0.15, -0.1) is 0 Å². The van der Waals surface area contributed by atoms with Crippen LogP contribution in [0.2, 0.25) is 0 Å². The summed E-state index contributed by atoms with van der Waals surface area (Å²) in [7, 11) is 0. The number of carbonyl (C=O) groups excluding carboxylic acids is 1. The van der Waals surface area contributed by atoms with Gasteiger partial charge in [0.05, 0.1) is 23.5 Å². The van der Waals surface area contributed by atoms with Gasteiger partial charge < -0.3 is 10.6 Å². The van der Waals surface area contributed by atoms with Gasteiger partial charge >= 0.3 is 6.18 Å². The summed E-state index contributed by atoms with van der Waals surface area (Å²) in [6.07, 6.45) is -2.01. The third kappa shape index (κ3) is 5.66. The van der Waals surface area contributed by atoms with E-state index in [9.17, 15) is 22.4 Å². The van der Waals surface area contributed by atoms with Crippen LogP contribution in [-0.4, -0.2) is 27.2 Å². The number of benzene rings is 2. The number of rotatable bonds is 7.